The Labute approximate surface area is 284 Å². The topological polar surface area (TPSA) is 64.5 Å². The van der Waals surface area contributed by atoms with Crippen LogP contribution in [0.15, 0.2) is 0 Å². The third-order valence-electron chi connectivity index (χ3n) is 9.89. The molecular weight excluding hydrogens is 552 g/mol. The summed E-state index contributed by atoms with van der Waals surface area (Å²) in [5.74, 6) is 0. The number of aliphatic hydroxyl groups excluding tert-OH is 2. The Morgan fingerprint density at radius 3 is 1.09 bits per heavy atom. The Morgan fingerprint density at radius 2 is 0.711 bits per heavy atom. The van der Waals surface area contributed by atoms with Crippen LogP contribution in [0.1, 0.15) is 226 Å². The van der Waals surface area contributed by atoms with E-state index in [-0.39, 0.29) is 18.8 Å². The highest BCUT2D eigenvalue weighted by atomic mass is 16.3. The molecule has 0 saturated carbocycles. The summed E-state index contributed by atoms with van der Waals surface area (Å²) >= 11 is 0. The predicted molar refractivity (Wildman–Crippen MR) is 201 cm³/mol. The average molecular weight is 639 g/mol. The van der Waals surface area contributed by atoms with E-state index in [2.05, 4.69) is 24.5 Å². The van der Waals surface area contributed by atoms with Gasteiger partial charge in [0.2, 0.25) is 0 Å². The normalized spacial score (nSPS) is 13.1. The van der Waals surface area contributed by atoms with Crippen LogP contribution in [0.3, 0.4) is 0 Å². The van der Waals surface area contributed by atoms with Gasteiger partial charge in [-0.1, -0.05) is 187 Å². The summed E-state index contributed by atoms with van der Waals surface area (Å²) in [6, 6.07) is 0.120. The van der Waals surface area contributed by atoms with Gasteiger partial charge in [-0.2, -0.15) is 0 Å². The lowest BCUT2D eigenvalue weighted by molar-refractivity contribution is 0.107. The Morgan fingerprint density at radius 1 is 0.378 bits per heavy atom. The molecule has 0 spiro atoms. The second-order valence-electron chi connectivity index (χ2n) is 14.4. The van der Waals surface area contributed by atoms with Crippen LogP contribution >= 0.6 is 0 Å². The first-order chi connectivity index (χ1) is 22.3. The van der Waals surface area contributed by atoms with Crippen LogP contribution in [0.2, 0.25) is 0 Å². The molecule has 2 unspecified atom stereocenters. The predicted octanol–water partition coefficient (Wildman–Crippen LogP) is 11.8. The van der Waals surface area contributed by atoms with Crippen LogP contribution in [-0.2, 0) is 0 Å². The number of hydrogen-bond acceptors (Lipinski definition) is 4. The minimum absolute atomic E-state index is 0.120. The van der Waals surface area contributed by atoms with Crippen LogP contribution < -0.4 is 10.6 Å². The highest BCUT2D eigenvalue weighted by molar-refractivity contribution is 4.76. The smallest absolute Gasteiger partial charge is 0.0693 e. The number of nitrogens with one attached hydrogen (secondary N) is 2. The van der Waals surface area contributed by atoms with Gasteiger partial charge < -0.3 is 20.8 Å². The second kappa shape index (κ2) is 40.0. The van der Waals surface area contributed by atoms with Crippen LogP contribution in [0.25, 0.3) is 0 Å². The molecule has 0 heterocycles. The summed E-state index contributed by atoms with van der Waals surface area (Å²) in [7, 11) is 0. The Kier molecular flexibility index (Phi) is 39.9. The maximum atomic E-state index is 10.8. The third kappa shape index (κ3) is 36.5. The van der Waals surface area contributed by atoms with Crippen molar-refractivity contribution in [3.63, 3.8) is 0 Å². The van der Waals surface area contributed by atoms with Gasteiger partial charge in [-0.3, -0.25) is 0 Å². The van der Waals surface area contributed by atoms with Gasteiger partial charge in [-0.15, -0.1) is 0 Å². The molecule has 0 aromatic heterocycles. The molecular formula is C41H86N2O2. The molecule has 45 heavy (non-hydrogen) atoms. The van der Waals surface area contributed by atoms with Crippen molar-refractivity contribution >= 4 is 0 Å². The summed E-state index contributed by atoms with van der Waals surface area (Å²) in [5, 5.41) is 27.4. The van der Waals surface area contributed by atoms with Crippen LogP contribution in [0, 0.1) is 0 Å². The van der Waals surface area contributed by atoms with E-state index in [4.69, 9.17) is 0 Å². The fourth-order valence-electron chi connectivity index (χ4n) is 6.73. The first-order valence-corrected chi connectivity index (χ1v) is 21.0. The molecule has 0 aliphatic carbocycles. The summed E-state index contributed by atoms with van der Waals surface area (Å²) < 4.78 is 0. The van der Waals surface area contributed by atoms with Crippen molar-refractivity contribution in [1.82, 2.24) is 10.6 Å². The zero-order valence-corrected chi connectivity index (χ0v) is 31.2. The van der Waals surface area contributed by atoms with E-state index >= 15 is 0 Å². The minimum Gasteiger partial charge on any atom is -0.396 e. The van der Waals surface area contributed by atoms with Gasteiger partial charge in [0.1, 0.15) is 0 Å². The van der Waals surface area contributed by atoms with Gasteiger partial charge in [0.25, 0.3) is 0 Å². The highest BCUT2D eigenvalue weighted by Gasteiger charge is 2.17. The SMILES string of the molecule is CCCCCCCCCCCCCCCCCNC(CCCO)C(O)CCCNCCCCCCCCCCCCCCCC. The third-order valence-corrected chi connectivity index (χ3v) is 9.89. The second-order valence-corrected chi connectivity index (χ2v) is 14.4. The molecule has 4 nitrogen and oxygen atoms in total. The molecule has 0 aromatic rings. The summed E-state index contributed by atoms with van der Waals surface area (Å²) in [6.45, 7) is 7.90. The number of aliphatic hydroxyl groups is 2. The minimum atomic E-state index is -0.309. The molecule has 0 radical (unpaired) electrons. The zero-order chi connectivity index (χ0) is 32.7. The summed E-state index contributed by atoms with van der Waals surface area (Å²) in [4.78, 5) is 0. The molecule has 0 bridgehead atoms. The Balaban J connectivity index is 3.55. The van der Waals surface area contributed by atoms with Crippen molar-refractivity contribution in [2.24, 2.45) is 0 Å². The lowest BCUT2D eigenvalue weighted by Gasteiger charge is -2.24. The number of rotatable bonds is 40. The fraction of sp³-hybridized carbons (Fsp3) is 1.00. The molecule has 272 valence electrons. The van der Waals surface area contributed by atoms with Gasteiger partial charge >= 0.3 is 0 Å². The summed E-state index contributed by atoms with van der Waals surface area (Å²) in [5.41, 5.74) is 0. The maximum Gasteiger partial charge on any atom is 0.0693 e. The largest absolute Gasteiger partial charge is 0.396 e. The molecule has 0 aromatic carbocycles. The molecule has 0 fully saturated rings. The zero-order valence-electron chi connectivity index (χ0n) is 31.2. The first kappa shape index (κ1) is 44.8. The van der Waals surface area contributed by atoms with Crippen molar-refractivity contribution in [3.8, 4) is 0 Å². The van der Waals surface area contributed by atoms with Crippen LogP contribution in [0.4, 0.5) is 0 Å². The van der Waals surface area contributed by atoms with Gasteiger partial charge in [0.05, 0.1) is 6.10 Å². The van der Waals surface area contributed by atoms with Crippen LogP contribution in [0.5, 0.6) is 0 Å². The van der Waals surface area contributed by atoms with Crippen molar-refractivity contribution in [1.29, 1.82) is 0 Å². The maximum absolute atomic E-state index is 10.8. The van der Waals surface area contributed by atoms with Crippen molar-refractivity contribution in [2.45, 2.75) is 238 Å². The lowest BCUT2D eigenvalue weighted by Crippen LogP contribution is -2.41. The number of hydrogen-bond donors (Lipinski definition) is 4. The standard InChI is InChI=1S/C41H86N2O2/c1-3-5-7-9-11-13-15-17-19-21-23-25-27-29-31-38-43-40(34-33-39-44)41(45)35-32-37-42-36-30-28-26-24-22-20-18-16-14-12-10-8-6-4-2/h40-45H,3-39H2,1-2H3. The molecule has 0 rings (SSSR count). The molecule has 0 aliphatic rings. The van der Waals surface area contributed by atoms with Gasteiger partial charge in [0, 0.05) is 12.6 Å². The molecule has 0 aliphatic heterocycles. The Bertz CT molecular complexity index is 518. The average Bonchev–Trinajstić information content (AvgIpc) is 3.05. The van der Waals surface area contributed by atoms with E-state index in [1.165, 1.54) is 186 Å². The van der Waals surface area contributed by atoms with E-state index in [1.54, 1.807) is 0 Å². The van der Waals surface area contributed by atoms with Gasteiger partial charge in [0.15, 0.2) is 0 Å². The van der Waals surface area contributed by atoms with E-state index in [0.717, 1.165) is 45.3 Å². The van der Waals surface area contributed by atoms with Gasteiger partial charge in [-0.25, -0.2) is 0 Å². The van der Waals surface area contributed by atoms with Gasteiger partial charge in [-0.05, 0) is 58.2 Å². The molecule has 0 amide bonds. The Hall–Kier alpha value is -0.160. The van der Waals surface area contributed by atoms with E-state index in [9.17, 15) is 10.2 Å². The number of unbranched alkanes of at least 4 members (excludes halogenated alkanes) is 27. The molecule has 0 saturated heterocycles. The van der Waals surface area contributed by atoms with Crippen LogP contribution in [-0.4, -0.2) is 48.6 Å². The van der Waals surface area contributed by atoms with Crippen molar-refractivity contribution in [2.75, 3.05) is 26.2 Å². The van der Waals surface area contributed by atoms with E-state index in [1.807, 2.05) is 0 Å². The lowest BCUT2D eigenvalue weighted by atomic mass is 10.0. The van der Waals surface area contributed by atoms with E-state index in [0.29, 0.717) is 0 Å². The molecule has 4 N–H and O–H groups in total. The van der Waals surface area contributed by atoms with Crippen molar-refractivity contribution in [3.05, 3.63) is 0 Å². The molecule has 4 heteroatoms. The van der Waals surface area contributed by atoms with Crippen molar-refractivity contribution < 1.29 is 10.2 Å². The first-order valence-electron chi connectivity index (χ1n) is 21.0. The fourth-order valence-corrected chi connectivity index (χ4v) is 6.73. The molecule has 2 atom stereocenters. The monoisotopic (exact) mass is 639 g/mol. The summed E-state index contributed by atoms with van der Waals surface area (Å²) in [6.07, 6.45) is 43.8. The van der Waals surface area contributed by atoms with E-state index < -0.39 is 0 Å². The highest BCUT2D eigenvalue weighted by Crippen LogP contribution is 2.15. The quantitative estimate of drug-likeness (QED) is 0.0504.